The Labute approximate surface area is 350 Å². The molecule has 8 heteroatoms. The second-order valence-corrected chi connectivity index (χ2v) is 17.1. The quantitative estimate of drug-likeness (QED) is 0.167. The van der Waals surface area contributed by atoms with Crippen LogP contribution in [0.3, 0.4) is 0 Å². The summed E-state index contributed by atoms with van der Waals surface area (Å²) in [5.41, 5.74) is 0.951. The summed E-state index contributed by atoms with van der Waals surface area (Å²) in [5.74, 6) is -1.10. The monoisotopic (exact) mass is 761 g/mol. The van der Waals surface area contributed by atoms with Crippen molar-refractivity contribution in [2.45, 2.75) is 0 Å². The van der Waals surface area contributed by atoms with Crippen LogP contribution in [-0.2, 0) is 0 Å². The Kier molecular flexibility index (Phi) is 4.26. The summed E-state index contributed by atoms with van der Waals surface area (Å²) in [6.45, 7) is 0. The fourth-order valence-corrected chi connectivity index (χ4v) is 13.4. The second-order valence-electron chi connectivity index (χ2n) is 13.4. The molecule has 1 aliphatic heterocycles. The Morgan fingerprint density at radius 1 is 0.456 bits per heavy atom. The average molecular weight is 762 g/mol. The zero-order chi connectivity index (χ0) is 51.4. The van der Waals surface area contributed by atoms with Gasteiger partial charge in [-0.3, -0.25) is 19.1 Å². The standard InChI is InChI=1S/C49H31N7Si/c1-2-14-33(15-3-1)57(45-30-50-27-25-39(45)40-26-28-51-31-46(40)57)34-16-12-13-32(29-34)47-52-48(55-41-21-8-4-17-35(41)36-18-5-9-22-42(36)55)54-49(53-47)56-43-23-10-6-19-37(43)38-20-7-11-24-44(38)56/h1-31H/i4D,5D,6D,7D,8D,9D,10D,11D,17D,18D,19D,20D,21D,22D,23D,24D. The van der Waals surface area contributed by atoms with E-state index in [0.29, 0.717) is 5.56 Å². The topological polar surface area (TPSA) is 74.3 Å². The molecule has 11 aromatic rings. The fraction of sp³-hybridized carbons (Fsp3) is 0. The minimum Gasteiger partial charge on any atom is -0.278 e. The molecule has 266 valence electrons. The molecule has 7 nitrogen and oxygen atoms in total. The fourth-order valence-electron chi connectivity index (χ4n) is 8.29. The summed E-state index contributed by atoms with van der Waals surface area (Å²) in [4.78, 5) is 24.0. The van der Waals surface area contributed by atoms with Crippen molar-refractivity contribution in [1.29, 1.82) is 0 Å². The number of para-hydroxylation sites is 4. The van der Waals surface area contributed by atoms with Gasteiger partial charge in [-0.25, -0.2) is 0 Å². The number of hydrogen-bond acceptors (Lipinski definition) is 5. The lowest BCUT2D eigenvalue weighted by Crippen LogP contribution is -2.73. The maximum atomic E-state index is 9.28. The van der Waals surface area contributed by atoms with Crippen LogP contribution < -0.4 is 20.7 Å². The minimum atomic E-state index is -3.31. The molecule has 0 bridgehead atoms. The van der Waals surface area contributed by atoms with Crippen molar-refractivity contribution >= 4 is 72.4 Å². The third-order valence-corrected chi connectivity index (χ3v) is 15.4. The van der Waals surface area contributed by atoms with E-state index in [2.05, 4.69) is 22.1 Å². The lowest BCUT2D eigenvalue weighted by Gasteiger charge is -2.30. The predicted octanol–water partition coefficient (Wildman–Crippen LogP) is 7.88. The van der Waals surface area contributed by atoms with Crippen LogP contribution in [0.1, 0.15) is 21.9 Å². The van der Waals surface area contributed by atoms with Gasteiger partial charge in [-0.15, -0.1) is 0 Å². The van der Waals surface area contributed by atoms with Gasteiger partial charge in [0.2, 0.25) is 11.9 Å². The summed E-state index contributed by atoms with van der Waals surface area (Å²) >= 11 is 0. The van der Waals surface area contributed by atoms with E-state index in [9.17, 15) is 5.48 Å². The molecule has 0 amide bonds. The molecule has 0 radical (unpaired) electrons. The molecule has 0 unspecified atom stereocenters. The summed E-state index contributed by atoms with van der Waals surface area (Å²) < 4.78 is 145. The highest BCUT2D eigenvalue weighted by Gasteiger charge is 2.49. The second kappa shape index (κ2) is 12.2. The molecule has 5 aromatic heterocycles. The molecule has 0 saturated carbocycles. The third kappa shape index (κ3) is 4.50. The van der Waals surface area contributed by atoms with Crippen LogP contribution in [0, 0.1) is 0 Å². The van der Waals surface area contributed by atoms with Crippen molar-refractivity contribution in [2.24, 2.45) is 0 Å². The van der Waals surface area contributed by atoms with E-state index < -0.39 is 117 Å². The van der Waals surface area contributed by atoms with Crippen LogP contribution in [0.4, 0.5) is 0 Å². The highest BCUT2D eigenvalue weighted by Crippen LogP contribution is 2.35. The van der Waals surface area contributed by atoms with Gasteiger partial charge in [0, 0.05) is 51.9 Å². The lowest BCUT2D eigenvalue weighted by molar-refractivity contribution is 0.893. The number of pyridine rings is 2. The predicted molar refractivity (Wildman–Crippen MR) is 232 cm³/mol. The zero-order valence-electron chi connectivity index (χ0n) is 45.3. The Bertz CT molecular complexity index is 3940. The van der Waals surface area contributed by atoms with E-state index in [-0.39, 0.29) is 49.4 Å². The summed E-state index contributed by atoms with van der Waals surface area (Å²) in [7, 11) is -3.31. The van der Waals surface area contributed by atoms with Crippen molar-refractivity contribution in [3.8, 4) is 34.4 Å². The molecule has 0 spiro atoms. The summed E-state index contributed by atoms with van der Waals surface area (Å²) in [6.07, 6.45) is 7.18. The number of rotatable bonds is 5. The van der Waals surface area contributed by atoms with Gasteiger partial charge in [-0.1, -0.05) is 127 Å². The van der Waals surface area contributed by atoms with Crippen LogP contribution in [0.25, 0.3) is 78.0 Å². The van der Waals surface area contributed by atoms with E-state index >= 15 is 0 Å². The number of nitrogens with zero attached hydrogens (tertiary/aromatic N) is 7. The molecule has 6 aromatic carbocycles. The molecule has 1 aliphatic rings. The van der Waals surface area contributed by atoms with Crippen molar-refractivity contribution in [1.82, 2.24) is 34.1 Å². The van der Waals surface area contributed by atoms with E-state index in [1.807, 2.05) is 54.9 Å². The van der Waals surface area contributed by atoms with Gasteiger partial charge in [0.1, 0.15) is 0 Å². The van der Waals surface area contributed by atoms with E-state index in [4.69, 9.17) is 31.4 Å². The largest absolute Gasteiger partial charge is 0.278 e. The molecule has 12 rings (SSSR count). The third-order valence-electron chi connectivity index (χ3n) is 10.6. The smallest absolute Gasteiger partial charge is 0.240 e. The SMILES string of the molecule is [2H]c1c([2H])c([2H])c2c(c1[2H])c1c([2H])c([2H])c([2H])c([2H])c1n2-c1nc(-c2cccc([Si]3(c4ccccc4)c4cnccc4-c4ccncc43)c2)nc(-n2c3c([2H])c([2H])c([2H])c([2H])c3c3c([2H])c([2H])c([2H])c([2H])c32)n1. The average Bonchev–Trinajstić information content (AvgIpc) is 4.07. The maximum Gasteiger partial charge on any atom is 0.240 e. The Morgan fingerprint density at radius 3 is 1.40 bits per heavy atom. The van der Waals surface area contributed by atoms with Gasteiger partial charge in [-0.2, -0.15) is 15.0 Å². The normalized spacial score (nSPS) is 17.0. The Balaban J connectivity index is 1.27. The van der Waals surface area contributed by atoms with Gasteiger partial charge < -0.3 is 0 Å². The van der Waals surface area contributed by atoms with Crippen LogP contribution in [0.5, 0.6) is 0 Å². The first-order chi connectivity index (χ1) is 34.9. The summed E-state index contributed by atoms with van der Waals surface area (Å²) in [6, 6.07) is 10.7. The number of hydrogen-bond donors (Lipinski definition) is 0. The van der Waals surface area contributed by atoms with Gasteiger partial charge in [-0.05, 0) is 68.2 Å². The highest BCUT2D eigenvalue weighted by atomic mass is 28.3. The van der Waals surface area contributed by atoms with Crippen molar-refractivity contribution < 1.29 is 21.9 Å². The highest BCUT2D eigenvalue weighted by molar-refractivity contribution is 7.22. The van der Waals surface area contributed by atoms with E-state index in [0.717, 1.165) is 41.0 Å². The van der Waals surface area contributed by atoms with Crippen molar-refractivity contribution in [3.05, 3.63) is 188 Å². The van der Waals surface area contributed by atoms with Gasteiger partial charge >= 0.3 is 0 Å². The number of aromatic nitrogens is 7. The molecule has 0 N–H and O–H groups in total. The molecule has 57 heavy (non-hydrogen) atoms. The molecule has 6 heterocycles. The zero-order valence-corrected chi connectivity index (χ0v) is 30.3. The first-order valence-electron chi connectivity index (χ1n) is 25.8. The molecule has 0 fully saturated rings. The molecular formula is C49H31N7Si. The van der Waals surface area contributed by atoms with Gasteiger partial charge in [0.25, 0.3) is 0 Å². The van der Waals surface area contributed by atoms with Crippen LogP contribution >= 0.6 is 0 Å². The minimum absolute atomic E-state index is 0.150. The van der Waals surface area contributed by atoms with E-state index in [1.165, 1.54) is 0 Å². The number of benzene rings is 6. The number of fused-ring (bicyclic) bond motifs is 9. The molecule has 0 aliphatic carbocycles. The van der Waals surface area contributed by atoms with Gasteiger partial charge in [0.05, 0.1) is 44.0 Å². The Morgan fingerprint density at radius 2 is 0.912 bits per heavy atom. The summed E-state index contributed by atoms with van der Waals surface area (Å²) in [5, 5.41) is 2.69. The van der Waals surface area contributed by atoms with Crippen LogP contribution in [0.2, 0.25) is 0 Å². The van der Waals surface area contributed by atoms with Crippen LogP contribution in [-0.4, -0.2) is 42.1 Å². The van der Waals surface area contributed by atoms with Crippen molar-refractivity contribution in [2.75, 3.05) is 0 Å². The van der Waals surface area contributed by atoms with Gasteiger partial charge in [0.15, 0.2) is 13.9 Å². The Hall–Kier alpha value is -7.55. The van der Waals surface area contributed by atoms with Crippen molar-refractivity contribution in [3.63, 3.8) is 0 Å². The first-order valence-corrected chi connectivity index (χ1v) is 19.8. The lowest BCUT2D eigenvalue weighted by atomic mass is 10.1. The molecule has 0 saturated heterocycles. The van der Waals surface area contributed by atoms with Crippen LogP contribution in [0.15, 0.2) is 188 Å². The molecule has 0 atom stereocenters. The molecular weight excluding hydrogens is 715 g/mol. The van der Waals surface area contributed by atoms with E-state index in [1.54, 1.807) is 24.5 Å². The first kappa shape index (κ1) is 19.9. The maximum absolute atomic E-state index is 9.28.